The average molecular weight is 236 g/mol. The number of carbonyl (C=O) groups is 1. The monoisotopic (exact) mass is 236 g/mol. The molecule has 1 aliphatic rings. The molecule has 0 spiro atoms. The molecular weight excluding hydrogens is 216 g/mol. The molecule has 1 fully saturated rings. The number of H-pyrrole nitrogens is 1. The van der Waals surface area contributed by atoms with Crippen molar-refractivity contribution < 1.29 is 4.79 Å². The summed E-state index contributed by atoms with van der Waals surface area (Å²) in [4.78, 5) is 16.7. The van der Waals surface area contributed by atoms with Gasteiger partial charge in [0.2, 0.25) is 0 Å². The predicted octanol–water partition coefficient (Wildman–Crippen LogP) is 1.21. The topological polar surface area (TPSA) is 74.2 Å². The number of hydrogen-bond donors (Lipinski definition) is 3. The van der Waals surface area contributed by atoms with Gasteiger partial charge in [0.05, 0.1) is 6.04 Å². The quantitative estimate of drug-likeness (QED) is 0.735. The van der Waals surface area contributed by atoms with Crippen molar-refractivity contribution in [3.63, 3.8) is 0 Å². The molecule has 0 aliphatic carbocycles. The van der Waals surface area contributed by atoms with E-state index < -0.39 is 0 Å². The number of aromatic nitrogens is 1. The lowest BCUT2D eigenvalue weighted by Crippen LogP contribution is -2.38. The molecule has 0 saturated carbocycles. The van der Waals surface area contributed by atoms with Crippen LogP contribution in [-0.4, -0.2) is 34.5 Å². The van der Waals surface area contributed by atoms with E-state index in [-0.39, 0.29) is 17.6 Å². The summed E-state index contributed by atoms with van der Waals surface area (Å²) in [5.41, 5.74) is 6.74. The normalized spacial score (nSPS) is 20.8. The van der Waals surface area contributed by atoms with Crippen molar-refractivity contribution in [1.29, 1.82) is 0 Å². The molecule has 1 aliphatic heterocycles. The van der Waals surface area contributed by atoms with E-state index in [1.165, 1.54) is 0 Å². The van der Waals surface area contributed by atoms with Crippen LogP contribution in [0.2, 0.25) is 0 Å². The number of urea groups is 1. The molecule has 0 aromatic carbocycles. The Labute approximate surface area is 101 Å². The van der Waals surface area contributed by atoms with Crippen LogP contribution in [0.3, 0.4) is 0 Å². The fourth-order valence-corrected chi connectivity index (χ4v) is 1.94. The fourth-order valence-electron chi connectivity index (χ4n) is 1.94. The van der Waals surface area contributed by atoms with Crippen LogP contribution in [0.4, 0.5) is 4.79 Å². The van der Waals surface area contributed by atoms with Gasteiger partial charge in [0.25, 0.3) is 0 Å². The van der Waals surface area contributed by atoms with Crippen molar-refractivity contribution in [3.8, 4) is 0 Å². The van der Waals surface area contributed by atoms with Crippen LogP contribution in [0, 0.1) is 0 Å². The van der Waals surface area contributed by atoms with Crippen molar-refractivity contribution in [2.45, 2.75) is 31.8 Å². The van der Waals surface area contributed by atoms with Crippen molar-refractivity contribution in [3.05, 3.63) is 24.0 Å². The van der Waals surface area contributed by atoms with Crippen molar-refractivity contribution >= 4 is 6.03 Å². The number of hydrogen-bond acceptors (Lipinski definition) is 2. The molecular formula is C12H20N4O. The molecule has 5 heteroatoms. The number of carbonyl (C=O) groups excluding carboxylic acids is 1. The number of aromatic amines is 1. The van der Waals surface area contributed by atoms with E-state index in [2.05, 4.69) is 10.3 Å². The van der Waals surface area contributed by atoms with E-state index >= 15 is 0 Å². The van der Waals surface area contributed by atoms with Gasteiger partial charge in [-0.15, -0.1) is 0 Å². The summed E-state index contributed by atoms with van der Waals surface area (Å²) >= 11 is 0. The molecule has 2 amide bonds. The maximum absolute atomic E-state index is 11.8. The second kappa shape index (κ2) is 4.41. The van der Waals surface area contributed by atoms with Gasteiger partial charge in [-0.3, -0.25) is 0 Å². The summed E-state index contributed by atoms with van der Waals surface area (Å²) in [6.07, 6.45) is 2.67. The Morgan fingerprint density at radius 3 is 2.94 bits per heavy atom. The highest BCUT2D eigenvalue weighted by molar-refractivity contribution is 5.77. The molecule has 1 saturated heterocycles. The molecule has 1 unspecified atom stereocenters. The average Bonchev–Trinajstić information content (AvgIpc) is 2.82. The molecule has 0 radical (unpaired) electrons. The Hall–Kier alpha value is -1.49. The van der Waals surface area contributed by atoms with E-state index in [4.69, 9.17) is 5.73 Å². The lowest BCUT2D eigenvalue weighted by molar-refractivity contribution is 0.213. The lowest BCUT2D eigenvalue weighted by atomic mass is 10.0. The Morgan fingerprint density at radius 2 is 2.35 bits per heavy atom. The van der Waals surface area contributed by atoms with E-state index in [0.29, 0.717) is 13.1 Å². The third-order valence-corrected chi connectivity index (χ3v) is 3.01. The van der Waals surface area contributed by atoms with Crippen LogP contribution in [0.5, 0.6) is 0 Å². The minimum absolute atomic E-state index is 0.00569. The molecule has 1 atom stereocenters. The number of rotatable bonds is 4. The van der Waals surface area contributed by atoms with Gasteiger partial charge in [-0.1, -0.05) is 0 Å². The van der Waals surface area contributed by atoms with Crippen molar-refractivity contribution in [2.24, 2.45) is 5.73 Å². The Morgan fingerprint density at radius 1 is 1.59 bits per heavy atom. The Bertz CT molecular complexity index is 380. The first-order chi connectivity index (χ1) is 7.96. The third kappa shape index (κ3) is 3.00. The van der Waals surface area contributed by atoms with Crippen LogP contribution in [0.25, 0.3) is 0 Å². The lowest BCUT2D eigenvalue weighted by Gasteiger charge is -2.22. The maximum atomic E-state index is 11.8. The first-order valence-electron chi connectivity index (χ1n) is 5.93. The molecule has 2 rings (SSSR count). The first-order valence-corrected chi connectivity index (χ1v) is 5.93. The standard InChI is InChI=1S/C12H20N4O/c1-12(2,13)5-7-16-8-10(15-11(16)17)9-4-3-6-14-9/h3-4,6,10,14H,5,7-8,13H2,1-2H3,(H,15,17). The number of amides is 2. The van der Waals surface area contributed by atoms with E-state index in [0.717, 1.165) is 12.1 Å². The van der Waals surface area contributed by atoms with Gasteiger partial charge < -0.3 is 20.9 Å². The first kappa shape index (κ1) is 12.0. The Balaban J connectivity index is 1.92. The van der Waals surface area contributed by atoms with Crippen LogP contribution < -0.4 is 11.1 Å². The zero-order valence-electron chi connectivity index (χ0n) is 10.4. The summed E-state index contributed by atoms with van der Waals surface area (Å²) < 4.78 is 0. The van der Waals surface area contributed by atoms with Gasteiger partial charge in [-0.05, 0) is 32.4 Å². The summed E-state index contributed by atoms with van der Waals surface area (Å²) in [5.74, 6) is 0. The molecule has 4 N–H and O–H groups in total. The molecule has 1 aromatic heterocycles. The van der Waals surface area contributed by atoms with Crippen molar-refractivity contribution in [1.82, 2.24) is 15.2 Å². The number of nitrogens with two attached hydrogens (primary N) is 1. The third-order valence-electron chi connectivity index (χ3n) is 3.01. The summed E-state index contributed by atoms with van der Waals surface area (Å²) in [5, 5.41) is 2.96. The Kier molecular flexibility index (Phi) is 3.11. The second-order valence-electron chi connectivity index (χ2n) is 5.31. The second-order valence-corrected chi connectivity index (χ2v) is 5.31. The number of nitrogens with zero attached hydrogens (tertiary/aromatic N) is 1. The summed E-state index contributed by atoms with van der Waals surface area (Å²) in [7, 11) is 0. The van der Waals surface area contributed by atoms with Crippen LogP contribution in [0.1, 0.15) is 32.0 Å². The molecule has 0 bridgehead atoms. The minimum Gasteiger partial charge on any atom is -0.363 e. The van der Waals surface area contributed by atoms with Crippen LogP contribution in [-0.2, 0) is 0 Å². The van der Waals surface area contributed by atoms with E-state index in [9.17, 15) is 4.79 Å². The van der Waals surface area contributed by atoms with Crippen LogP contribution >= 0.6 is 0 Å². The van der Waals surface area contributed by atoms with Gasteiger partial charge in [-0.2, -0.15) is 0 Å². The maximum Gasteiger partial charge on any atom is 0.318 e. The fraction of sp³-hybridized carbons (Fsp3) is 0.583. The van der Waals surface area contributed by atoms with E-state index in [1.807, 2.05) is 37.1 Å². The van der Waals surface area contributed by atoms with E-state index in [1.54, 1.807) is 0 Å². The molecule has 17 heavy (non-hydrogen) atoms. The highest BCUT2D eigenvalue weighted by atomic mass is 16.2. The summed E-state index contributed by atoms with van der Waals surface area (Å²) in [6, 6.07) is 3.99. The largest absolute Gasteiger partial charge is 0.363 e. The highest BCUT2D eigenvalue weighted by Crippen LogP contribution is 2.19. The highest BCUT2D eigenvalue weighted by Gasteiger charge is 2.30. The smallest absolute Gasteiger partial charge is 0.318 e. The molecule has 94 valence electrons. The summed E-state index contributed by atoms with van der Waals surface area (Å²) in [6.45, 7) is 5.36. The SMILES string of the molecule is CC(C)(N)CCN1CC(c2ccc[nH]2)NC1=O. The minimum atomic E-state index is -0.231. The van der Waals surface area contributed by atoms with Gasteiger partial charge in [0.15, 0.2) is 0 Å². The molecule has 2 heterocycles. The van der Waals surface area contributed by atoms with Crippen LogP contribution in [0.15, 0.2) is 18.3 Å². The molecule has 1 aromatic rings. The zero-order valence-corrected chi connectivity index (χ0v) is 10.4. The van der Waals surface area contributed by atoms with Crippen molar-refractivity contribution in [2.75, 3.05) is 13.1 Å². The van der Waals surface area contributed by atoms with Gasteiger partial charge >= 0.3 is 6.03 Å². The van der Waals surface area contributed by atoms with Gasteiger partial charge in [0.1, 0.15) is 0 Å². The van der Waals surface area contributed by atoms with Gasteiger partial charge in [0, 0.05) is 30.5 Å². The number of nitrogens with one attached hydrogen (secondary N) is 2. The van der Waals surface area contributed by atoms with Gasteiger partial charge in [-0.25, -0.2) is 4.79 Å². The molecule has 5 nitrogen and oxygen atoms in total. The predicted molar refractivity (Wildman–Crippen MR) is 66.5 cm³/mol. The zero-order chi connectivity index (χ0) is 12.5.